The van der Waals surface area contributed by atoms with Crippen molar-refractivity contribution >= 4 is 10.9 Å². The highest BCUT2D eigenvalue weighted by atomic mass is 16.5. The molecular weight excluding hydrogens is 226 g/mol. The summed E-state index contributed by atoms with van der Waals surface area (Å²) in [5, 5.41) is 9.16. The molecule has 0 saturated heterocycles. The smallest absolute Gasteiger partial charge is 0.0841 e. The normalized spacial score (nSPS) is 13.1. The van der Waals surface area contributed by atoms with Crippen molar-refractivity contribution in [2.45, 2.75) is 26.5 Å². The van der Waals surface area contributed by atoms with Gasteiger partial charge in [0.25, 0.3) is 0 Å². The maximum Gasteiger partial charge on any atom is 0.0841 e. The predicted molar refractivity (Wildman–Crippen MR) is 73.5 cm³/mol. The molecule has 0 saturated carbocycles. The molecular formula is C14H21N3O. The van der Waals surface area contributed by atoms with Gasteiger partial charge < -0.3 is 10.1 Å². The molecule has 2 aromatic rings. The Morgan fingerprint density at radius 1 is 1.39 bits per heavy atom. The highest BCUT2D eigenvalue weighted by Crippen LogP contribution is 2.16. The zero-order valence-electron chi connectivity index (χ0n) is 11.3. The number of benzene rings is 1. The van der Waals surface area contributed by atoms with Crippen LogP contribution in [0.4, 0.5) is 0 Å². The standard InChI is InChI=1S/C14H21N3O/c1-4-18-11(2)9-15-10-13-12-7-5-6-8-14(12)17(3)16-13/h5-8,11,15H,4,9-10H2,1-3H3. The van der Waals surface area contributed by atoms with E-state index in [0.717, 1.165) is 25.4 Å². The van der Waals surface area contributed by atoms with E-state index < -0.39 is 0 Å². The van der Waals surface area contributed by atoms with Crippen LogP contribution < -0.4 is 5.32 Å². The number of rotatable bonds is 6. The third-order valence-corrected chi connectivity index (χ3v) is 3.01. The molecule has 0 amide bonds. The van der Waals surface area contributed by atoms with Crippen molar-refractivity contribution in [1.29, 1.82) is 0 Å². The molecule has 0 fully saturated rings. The van der Waals surface area contributed by atoms with E-state index in [-0.39, 0.29) is 6.10 Å². The first-order valence-corrected chi connectivity index (χ1v) is 6.45. The summed E-state index contributed by atoms with van der Waals surface area (Å²) < 4.78 is 7.41. The molecule has 4 heteroatoms. The number of aryl methyl sites for hydroxylation is 1. The molecule has 1 heterocycles. The summed E-state index contributed by atoms with van der Waals surface area (Å²) in [6, 6.07) is 8.30. The predicted octanol–water partition coefficient (Wildman–Crippen LogP) is 2.09. The average molecular weight is 247 g/mol. The number of aromatic nitrogens is 2. The average Bonchev–Trinajstić information content (AvgIpc) is 2.68. The Bertz CT molecular complexity index is 507. The molecule has 4 nitrogen and oxygen atoms in total. The van der Waals surface area contributed by atoms with Crippen molar-refractivity contribution < 1.29 is 4.74 Å². The van der Waals surface area contributed by atoms with E-state index in [2.05, 4.69) is 35.5 Å². The van der Waals surface area contributed by atoms with Crippen LogP contribution in [0.2, 0.25) is 0 Å². The lowest BCUT2D eigenvalue weighted by Gasteiger charge is -2.11. The molecule has 1 N–H and O–H groups in total. The van der Waals surface area contributed by atoms with E-state index >= 15 is 0 Å². The largest absolute Gasteiger partial charge is 0.377 e. The lowest BCUT2D eigenvalue weighted by molar-refractivity contribution is 0.0759. The number of hydrogen-bond acceptors (Lipinski definition) is 3. The summed E-state index contributed by atoms with van der Waals surface area (Å²) in [5.74, 6) is 0. The van der Waals surface area contributed by atoms with Gasteiger partial charge in [0.15, 0.2) is 0 Å². The monoisotopic (exact) mass is 247 g/mol. The minimum atomic E-state index is 0.241. The first-order valence-electron chi connectivity index (χ1n) is 6.45. The molecule has 0 aliphatic rings. The number of para-hydroxylation sites is 1. The summed E-state index contributed by atoms with van der Waals surface area (Å²) >= 11 is 0. The molecule has 98 valence electrons. The summed E-state index contributed by atoms with van der Waals surface area (Å²) in [6.45, 7) is 6.47. The summed E-state index contributed by atoms with van der Waals surface area (Å²) in [5.41, 5.74) is 2.27. The van der Waals surface area contributed by atoms with Gasteiger partial charge in [-0.05, 0) is 19.9 Å². The van der Waals surface area contributed by atoms with Gasteiger partial charge in [-0.2, -0.15) is 5.10 Å². The highest BCUT2D eigenvalue weighted by Gasteiger charge is 2.07. The maximum atomic E-state index is 5.48. The summed E-state index contributed by atoms with van der Waals surface area (Å²) in [6.07, 6.45) is 0.241. The van der Waals surface area contributed by atoms with E-state index in [1.807, 2.05) is 24.7 Å². The Morgan fingerprint density at radius 2 is 2.17 bits per heavy atom. The number of fused-ring (bicyclic) bond motifs is 1. The van der Waals surface area contributed by atoms with Gasteiger partial charge in [0.2, 0.25) is 0 Å². The van der Waals surface area contributed by atoms with Crippen LogP contribution >= 0.6 is 0 Å². The quantitative estimate of drug-likeness (QED) is 0.849. The third-order valence-electron chi connectivity index (χ3n) is 3.01. The Hall–Kier alpha value is -1.39. The molecule has 0 spiro atoms. The van der Waals surface area contributed by atoms with Gasteiger partial charge in [0.05, 0.1) is 17.3 Å². The summed E-state index contributed by atoms with van der Waals surface area (Å²) in [7, 11) is 1.98. The Kier molecular flexibility index (Phi) is 4.33. The zero-order chi connectivity index (χ0) is 13.0. The van der Waals surface area contributed by atoms with E-state index in [4.69, 9.17) is 4.74 Å². The highest BCUT2D eigenvalue weighted by molar-refractivity contribution is 5.81. The van der Waals surface area contributed by atoms with E-state index in [0.29, 0.717) is 0 Å². The number of hydrogen-bond donors (Lipinski definition) is 1. The summed E-state index contributed by atoms with van der Waals surface area (Å²) in [4.78, 5) is 0. The maximum absolute atomic E-state index is 5.48. The minimum absolute atomic E-state index is 0.241. The van der Waals surface area contributed by atoms with Gasteiger partial charge in [-0.1, -0.05) is 18.2 Å². The van der Waals surface area contributed by atoms with E-state index in [9.17, 15) is 0 Å². The fourth-order valence-corrected chi connectivity index (χ4v) is 2.16. The Balaban J connectivity index is 2.00. The number of nitrogens with one attached hydrogen (secondary N) is 1. The van der Waals surface area contributed by atoms with Crippen LogP contribution in [-0.2, 0) is 18.3 Å². The van der Waals surface area contributed by atoms with Crippen molar-refractivity contribution in [2.75, 3.05) is 13.2 Å². The first kappa shape index (κ1) is 13.1. The first-order chi connectivity index (χ1) is 8.72. The fourth-order valence-electron chi connectivity index (χ4n) is 2.16. The molecule has 18 heavy (non-hydrogen) atoms. The molecule has 1 aromatic carbocycles. The van der Waals surface area contributed by atoms with E-state index in [1.54, 1.807) is 0 Å². The van der Waals surface area contributed by atoms with Crippen LogP contribution in [0.15, 0.2) is 24.3 Å². The number of nitrogens with zero attached hydrogens (tertiary/aromatic N) is 2. The SMILES string of the molecule is CCOC(C)CNCc1nn(C)c2ccccc12. The van der Waals surface area contributed by atoms with Crippen LogP contribution in [0.25, 0.3) is 10.9 Å². The van der Waals surface area contributed by atoms with Gasteiger partial charge >= 0.3 is 0 Å². The molecule has 1 atom stereocenters. The number of ether oxygens (including phenoxy) is 1. The van der Waals surface area contributed by atoms with Gasteiger partial charge in [-0.15, -0.1) is 0 Å². The molecule has 0 aliphatic heterocycles. The van der Waals surface area contributed by atoms with Crippen molar-refractivity contribution in [3.8, 4) is 0 Å². The van der Waals surface area contributed by atoms with Crippen LogP contribution in [0.5, 0.6) is 0 Å². The van der Waals surface area contributed by atoms with Crippen molar-refractivity contribution in [2.24, 2.45) is 7.05 Å². The Morgan fingerprint density at radius 3 is 2.94 bits per heavy atom. The second-order valence-electron chi connectivity index (χ2n) is 4.48. The van der Waals surface area contributed by atoms with Crippen LogP contribution in [0.1, 0.15) is 19.5 Å². The molecule has 0 bridgehead atoms. The second-order valence-corrected chi connectivity index (χ2v) is 4.48. The second kappa shape index (κ2) is 5.98. The third kappa shape index (κ3) is 2.89. The topological polar surface area (TPSA) is 39.1 Å². The molecule has 0 radical (unpaired) electrons. The lowest BCUT2D eigenvalue weighted by atomic mass is 10.2. The van der Waals surface area contributed by atoms with Gasteiger partial charge in [-0.3, -0.25) is 4.68 Å². The van der Waals surface area contributed by atoms with Gasteiger partial charge in [-0.25, -0.2) is 0 Å². The van der Waals surface area contributed by atoms with Crippen LogP contribution in [0, 0.1) is 0 Å². The van der Waals surface area contributed by atoms with Gasteiger partial charge in [0, 0.05) is 32.1 Å². The molecule has 2 rings (SSSR count). The van der Waals surface area contributed by atoms with Gasteiger partial charge in [0.1, 0.15) is 0 Å². The van der Waals surface area contributed by atoms with Crippen LogP contribution in [-0.4, -0.2) is 29.0 Å². The Labute approximate surface area is 108 Å². The molecule has 0 aliphatic carbocycles. The lowest BCUT2D eigenvalue weighted by Crippen LogP contribution is -2.26. The molecule has 1 aromatic heterocycles. The minimum Gasteiger partial charge on any atom is -0.377 e. The van der Waals surface area contributed by atoms with Crippen molar-refractivity contribution in [3.63, 3.8) is 0 Å². The van der Waals surface area contributed by atoms with Crippen molar-refractivity contribution in [3.05, 3.63) is 30.0 Å². The van der Waals surface area contributed by atoms with Crippen molar-refractivity contribution in [1.82, 2.24) is 15.1 Å². The fraction of sp³-hybridized carbons (Fsp3) is 0.500. The van der Waals surface area contributed by atoms with Crippen LogP contribution in [0.3, 0.4) is 0 Å². The zero-order valence-corrected chi connectivity index (χ0v) is 11.3. The van der Waals surface area contributed by atoms with E-state index in [1.165, 1.54) is 10.9 Å². The molecule has 1 unspecified atom stereocenters.